The molecule has 0 bridgehead atoms. The monoisotopic (exact) mass is 468 g/mol. The maximum absolute atomic E-state index is 6.42. The van der Waals surface area contributed by atoms with Crippen molar-refractivity contribution in [3.8, 4) is 5.69 Å². The molecule has 34 heavy (non-hydrogen) atoms. The first-order valence-corrected chi connectivity index (χ1v) is 12.3. The van der Waals surface area contributed by atoms with E-state index in [1.807, 2.05) is 6.07 Å². The molecule has 4 aromatic rings. The largest absolute Gasteiger partial charge is 0.347 e. The van der Waals surface area contributed by atoms with Crippen LogP contribution in [0.1, 0.15) is 38.6 Å². The maximum Gasteiger partial charge on any atom is 0.287 e. The Morgan fingerprint density at radius 1 is 0.971 bits per heavy atom. The third kappa shape index (κ3) is 3.65. The predicted octanol–water partition coefficient (Wildman–Crippen LogP) is 7.31. The van der Waals surface area contributed by atoms with Gasteiger partial charge >= 0.3 is 0 Å². The lowest BCUT2D eigenvalue weighted by Crippen LogP contribution is -2.36. The molecule has 3 aromatic carbocycles. The molecule has 0 radical (unpaired) electrons. The molecule has 5 rings (SSSR count). The van der Waals surface area contributed by atoms with E-state index < -0.39 is 0 Å². The summed E-state index contributed by atoms with van der Waals surface area (Å²) >= 11 is 6.42. The molecule has 0 unspecified atom stereocenters. The van der Waals surface area contributed by atoms with E-state index in [1.54, 1.807) is 0 Å². The van der Waals surface area contributed by atoms with E-state index in [1.165, 1.54) is 16.9 Å². The molecule has 0 saturated carbocycles. The smallest absolute Gasteiger partial charge is 0.287 e. The zero-order valence-electron chi connectivity index (χ0n) is 20.3. The Kier molecular flexibility index (Phi) is 5.83. The number of fused-ring (bicyclic) bond motifs is 2. The van der Waals surface area contributed by atoms with Crippen LogP contribution in [0.3, 0.4) is 0 Å². The summed E-state index contributed by atoms with van der Waals surface area (Å²) in [6.07, 6.45) is 7.73. The van der Waals surface area contributed by atoms with Gasteiger partial charge in [-0.2, -0.15) is 4.57 Å². The van der Waals surface area contributed by atoms with E-state index in [0.29, 0.717) is 0 Å². The highest BCUT2D eigenvalue weighted by Gasteiger charge is 2.37. The number of nitrogens with zero attached hydrogens (tertiary/aromatic N) is 3. The van der Waals surface area contributed by atoms with Gasteiger partial charge in [0.15, 0.2) is 11.0 Å². The molecule has 1 aromatic heterocycles. The SMILES string of the molecule is CCC[n+]1c(C=CC=C2N(C)c3ccccc3C2(C)C)n(-c2ccccc2)c2ccc(Cl)cc21. The summed E-state index contributed by atoms with van der Waals surface area (Å²) in [6, 6.07) is 25.4. The van der Waals surface area contributed by atoms with Crippen molar-refractivity contribution in [2.45, 2.75) is 39.2 Å². The second kappa shape index (κ2) is 8.81. The number of halogens is 1. The molecule has 1 aliphatic rings. The number of imidazole rings is 1. The lowest BCUT2D eigenvalue weighted by Gasteiger charge is -2.23. The maximum atomic E-state index is 6.42. The number of benzene rings is 3. The van der Waals surface area contributed by atoms with Gasteiger partial charge in [-0.05, 0) is 48.4 Å². The first kappa shape index (κ1) is 22.5. The fraction of sp³-hybridized carbons (Fsp3) is 0.233. The van der Waals surface area contributed by atoms with Gasteiger partial charge in [0.1, 0.15) is 5.69 Å². The summed E-state index contributed by atoms with van der Waals surface area (Å²) in [5.74, 6) is 1.14. The van der Waals surface area contributed by atoms with Gasteiger partial charge in [-0.25, -0.2) is 4.57 Å². The van der Waals surface area contributed by atoms with Crippen molar-refractivity contribution >= 4 is 34.4 Å². The van der Waals surface area contributed by atoms with Gasteiger partial charge in [-0.15, -0.1) is 0 Å². The fourth-order valence-electron chi connectivity index (χ4n) is 5.27. The zero-order chi connectivity index (χ0) is 23.9. The number of likely N-dealkylation sites (N-methyl/N-ethyl adjacent to an activating group) is 1. The molecule has 172 valence electrons. The Morgan fingerprint density at radius 2 is 1.71 bits per heavy atom. The van der Waals surface area contributed by atoms with Crippen molar-refractivity contribution in [3.05, 3.63) is 107 Å². The molecule has 1 aliphatic heterocycles. The van der Waals surface area contributed by atoms with Gasteiger partial charge in [0.2, 0.25) is 0 Å². The molecular weight excluding hydrogens is 438 g/mol. The van der Waals surface area contributed by atoms with Gasteiger partial charge < -0.3 is 4.90 Å². The number of rotatable bonds is 5. The van der Waals surface area contributed by atoms with E-state index in [2.05, 4.69) is 127 Å². The van der Waals surface area contributed by atoms with Crippen molar-refractivity contribution < 1.29 is 4.57 Å². The third-order valence-electron chi connectivity index (χ3n) is 6.88. The molecular formula is C30H31ClN3+. The number of para-hydroxylation sites is 2. The molecule has 0 N–H and O–H groups in total. The summed E-state index contributed by atoms with van der Waals surface area (Å²) in [4.78, 5) is 2.31. The van der Waals surface area contributed by atoms with Gasteiger partial charge in [-0.3, -0.25) is 0 Å². The van der Waals surface area contributed by atoms with Crippen LogP contribution in [-0.4, -0.2) is 11.6 Å². The molecule has 2 heterocycles. The third-order valence-corrected chi connectivity index (χ3v) is 7.11. The standard InChI is InChI=1S/C30H31ClN3/c1-5-20-33-27-21-22(31)18-19-26(27)34(23-12-7-6-8-13-23)29(33)17-11-16-28-30(2,3)24-14-9-10-15-25(24)32(28)4/h6-19,21H,5,20H2,1-4H3/q+1. The second-order valence-electron chi connectivity index (χ2n) is 9.43. The van der Waals surface area contributed by atoms with Gasteiger partial charge in [-0.1, -0.05) is 74.8 Å². The molecule has 0 spiro atoms. The Hall–Kier alpha value is -3.30. The molecule has 0 aliphatic carbocycles. The Labute approximate surface area is 207 Å². The van der Waals surface area contributed by atoms with Gasteiger partial charge in [0.25, 0.3) is 5.82 Å². The van der Waals surface area contributed by atoms with Crippen molar-refractivity contribution in [2.75, 3.05) is 11.9 Å². The summed E-state index contributed by atoms with van der Waals surface area (Å²) in [7, 11) is 2.16. The normalized spacial score (nSPS) is 16.1. The first-order valence-electron chi connectivity index (χ1n) is 11.9. The van der Waals surface area contributed by atoms with Crippen LogP contribution in [-0.2, 0) is 12.0 Å². The Balaban J connectivity index is 1.66. The summed E-state index contributed by atoms with van der Waals surface area (Å²) in [5.41, 5.74) is 7.33. The van der Waals surface area contributed by atoms with Crippen molar-refractivity contribution in [1.82, 2.24) is 4.57 Å². The molecule has 3 nitrogen and oxygen atoms in total. The second-order valence-corrected chi connectivity index (χ2v) is 9.86. The van der Waals surface area contributed by atoms with Crippen LogP contribution in [0.25, 0.3) is 22.8 Å². The number of hydrogen-bond acceptors (Lipinski definition) is 1. The van der Waals surface area contributed by atoms with Gasteiger partial charge in [0.05, 0.1) is 6.54 Å². The topological polar surface area (TPSA) is 12.1 Å². The van der Waals surface area contributed by atoms with E-state index in [-0.39, 0.29) is 5.41 Å². The fourth-order valence-corrected chi connectivity index (χ4v) is 5.43. The molecule has 4 heteroatoms. The van der Waals surface area contributed by atoms with Crippen LogP contribution < -0.4 is 9.47 Å². The van der Waals surface area contributed by atoms with Crippen molar-refractivity contribution in [2.24, 2.45) is 0 Å². The van der Waals surface area contributed by atoms with Crippen LogP contribution >= 0.6 is 11.6 Å². The minimum absolute atomic E-state index is 0.0469. The van der Waals surface area contributed by atoms with Crippen LogP contribution in [0.4, 0.5) is 5.69 Å². The zero-order valence-corrected chi connectivity index (χ0v) is 21.1. The lowest BCUT2D eigenvalue weighted by atomic mass is 9.84. The summed E-state index contributed by atoms with van der Waals surface area (Å²) in [5, 5.41) is 0.757. The van der Waals surface area contributed by atoms with Crippen LogP contribution in [0.5, 0.6) is 0 Å². The highest BCUT2D eigenvalue weighted by Crippen LogP contribution is 2.46. The van der Waals surface area contributed by atoms with E-state index in [0.717, 1.165) is 40.5 Å². The molecule has 0 fully saturated rings. The highest BCUT2D eigenvalue weighted by atomic mass is 35.5. The minimum atomic E-state index is -0.0469. The predicted molar refractivity (Wildman–Crippen MR) is 144 cm³/mol. The molecule has 0 atom stereocenters. The summed E-state index contributed by atoms with van der Waals surface area (Å²) < 4.78 is 4.70. The number of hydrogen-bond donors (Lipinski definition) is 0. The molecule has 0 amide bonds. The average Bonchev–Trinajstić information content (AvgIpc) is 3.24. The van der Waals surface area contributed by atoms with Crippen LogP contribution in [0, 0.1) is 0 Å². The highest BCUT2D eigenvalue weighted by molar-refractivity contribution is 6.31. The van der Waals surface area contributed by atoms with E-state index in [4.69, 9.17) is 11.6 Å². The Bertz CT molecular complexity index is 1410. The lowest BCUT2D eigenvalue weighted by molar-refractivity contribution is -0.673. The number of aryl methyl sites for hydroxylation is 1. The Morgan fingerprint density at radius 3 is 2.44 bits per heavy atom. The molecule has 0 saturated heterocycles. The minimum Gasteiger partial charge on any atom is -0.347 e. The number of allylic oxidation sites excluding steroid dienone is 3. The van der Waals surface area contributed by atoms with Gasteiger partial charge in [0, 0.05) is 41.0 Å². The first-order chi connectivity index (χ1) is 16.4. The van der Waals surface area contributed by atoms with Crippen molar-refractivity contribution in [3.63, 3.8) is 0 Å². The number of anilines is 1. The quantitative estimate of drug-likeness (QED) is 0.280. The summed E-state index contributed by atoms with van der Waals surface area (Å²) in [6.45, 7) is 7.74. The van der Waals surface area contributed by atoms with E-state index in [9.17, 15) is 0 Å². The average molecular weight is 469 g/mol. The van der Waals surface area contributed by atoms with Crippen molar-refractivity contribution in [1.29, 1.82) is 0 Å². The van der Waals surface area contributed by atoms with Crippen LogP contribution in [0.15, 0.2) is 90.6 Å². The van der Waals surface area contributed by atoms with Crippen LogP contribution in [0.2, 0.25) is 5.02 Å². The van der Waals surface area contributed by atoms with E-state index >= 15 is 0 Å². The number of aromatic nitrogens is 2.